The first-order chi connectivity index (χ1) is 14.9. The molecule has 1 aliphatic rings. The van der Waals surface area contributed by atoms with Gasteiger partial charge in [-0.15, -0.1) is 22.7 Å². The zero-order valence-electron chi connectivity index (χ0n) is 17.3. The van der Waals surface area contributed by atoms with Crippen molar-refractivity contribution in [1.29, 1.82) is 0 Å². The Morgan fingerprint density at radius 1 is 1.23 bits per heavy atom. The van der Waals surface area contributed by atoms with E-state index in [1.807, 2.05) is 18.7 Å². The Bertz CT molecular complexity index is 1180. The van der Waals surface area contributed by atoms with Crippen molar-refractivity contribution in [3.8, 4) is 16.3 Å². The van der Waals surface area contributed by atoms with Crippen LogP contribution in [0.5, 0.6) is 5.75 Å². The largest absolute Gasteiger partial charge is 0.494 e. The number of hydrogen-bond donors (Lipinski definition) is 1. The van der Waals surface area contributed by atoms with Gasteiger partial charge in [-0.3, -0.25) is 9.52 Å². The van der Waals surface area contributed by atoms with Gasteiger partial charge in [-0.1, -0.05) is 0 Å². The number of thiazole rings is 1. The van der Waals surface area contributed by atoms with Crippen LogP contribution >= 0.6 is 22.7 Å². The molecule has 1 aliphatic heterocycles. The summed E-state index contributed by atoms with van der Waals surface area (Å²) in [4.78, 5) is 19.7. The number of sulfonamides is 1. The van der Waals surface area contributed by atoms with Crippen LogP contribution in [0, 0.1) is 6.92 Å². The molecule has 10 heteroatoms. The number of anilines is 1. The molecule has 7 nitrogen and oxygen atoms in total. The highest BCUT2D eigenvalue weighted by molar-refractivity contribution is 7.94. The number of carbonyl (C=O) groups is 1. The standard InChI is InChI=1S/C21H23N3O4S3/c1-3-28-17-8-6-16(7-9-17)23-31(26,27)18-12-15(13-29-18)20-22-14(2)19(30-20)21(25)24-10-4-5-11-24/h6-9,12-13,23H,3-5,10-11H2,1-2H3. The average Bonchev–Trinajstić information content (AvgIpc) is 3.50. The second kappa shape index (κ2) is 8.97. The van der Waals surface area contributed by atoms with E-state index >= 15 is 0 Å². The molecule has 3 heterocycles. The number of carbonyl (C=O) groups excluding carboxylic acids is 1. The molecule has 0 atom stereocenters. The quantitative estimate of drug-likeness (QED) is 0.537. The lowest BCUT2D eigenvalue weighted by Crippen LogP contribution is -2.27. The molecule has 1 amide bonds. The van der Waals surface area contributed by atoms with Crippen LogP contribution < -0.4 is 9.46 Å². The van der Waals surface area contributed by atoms with Gasteiger partial charge in [0, 0.05) is 29.7 Å². The van der Waals surface area contributed by atoms with Crippen molar-refractivity contribution in [2.24, 2.45) is 0 Å². The van der Waals surface area contributed by atoms with Gasteiger partial charge in [-0.05, 0) is 57.0 Å². The summed E-state index contributed by atoms with van der Waals surface area (Å²) >= 11 is 2.44. The third kappa shape index (κ3) is 4.76. The van der Waals surface area contributed by atoms with Crippen molar-refractivity contribution < 1.29 is 17.9 Å². The Kier molecular flexibility index (Phi) is 6.31. The van der Waals surface area contributed by atoms with Crippen molar-refractivity contribution in [3.05, 3.63) is 46.3 Å². The first-order valence-corrected chi connectivity index (χ1v) is 13.2. The van der Waals surface area contributed by atoms with Crippen molar-refractivity contribution in [1.82, 2.24) is 9.88 Å². The number of benzene rings is 1. The topological polar surface area (TPSA) is 88.6 Å². The zero-order chi connectivity index (χ0) is 22.0. The van der Waals surface area contributed by atoms with Gasteiger partial charge in [-0.25, -0.2) is 13.4 Å². The fourth-order valence-electron chi connectivity index (χ4n) is 3.34. The third-order valence-electron chi connectivity index (χ3n) is 4.89. The molecule has 1 N–H and O–H groups in total. The SMILES string of the molecule is CCOc1ccc(NS(=O)(=O)c2cc(-c3nc(C)c(C(=O)N4CCCC4)s3)cs2)cc1. The Balaban J connectivity index is 1.52. The molecular weight excluding hydrogens is 454 g/mol. The molecular formula is C21H23N3O4S3. The minimum Gasteiger partial charge on any atom is -0.494 e. The molecule has 1 aromatic carbocycles. The van der Waals surface area contributed by atoms with E-state index in [1.54, 1.807) is 35.7 Å². The minimum atomic E-state index is -3.73. The van der Waals surface area contributed by atoms with Crippen LogP contribution in [-0.2, 0) is 10.0 Å². The molecule has 0 spiro atoms. The van der Waals surface area contributed by atoms with E-state index in [-0.39, 0.29) is 10.1 Å². The molecule has 1 saturated heterocycles. The van der Waals surface area contributed by atoms with E-state index in [2.05, 4.69) is 9.71 Å². The zero-order valence-corrected chi connectivity index (χ0v) is 19.7. The maximum atomic E-state index is 12.8. The van der Waals surface area contributed by atoms with E-state index in [0.29, 0.717) is 39.2 Å². The lowest BCUT2D eigenvalue weighted by molar-refractivity contribution is 0.0796. The minimum absolute atomic E-state index is 0.0130. The number of nitrogens with zero attached hydrogens (tertiary/aromatic N) is 2. The number of likely N-dealkylation sites (tertiary alicyclic amines) is 1. The summed E-state index contributed by atoms with van der Waals surface area (Å²) in [7, 11) is -3.73. The van der Waals surface area contributed by atoms with Crippen molar-refractivity contribution in [2.75, 3.05) is 24.4 Å². The predicted octanol–water partition coefficient (Wildman–Crippen LogP) is 4.62. The van der Waals surface area contributed by atoms with Crippen LogP contribution in [0.1, 0.15) is 35.1 Å². The molecule has 2 aromatic heterocycles. The number of aromatic nitrogens is 1. The molecule has 0 aliphatic carbocycles. The van der Waals surface area contributed by atoms with Gasteiger partial charge in [0.2, 0.25) is 0 Å². The molecule has 164 valence electrons. The van der Waals surface area contributed by atoms with Gasteiger partial charge < -0.3 is 9.64 Å². The summed E-state index contributed by atoms with van der Waals surface area (Å²) in [6.45, 7) is 5.82. The van der Waals surface area contributed by atoms with Crippen LogP contribution in [-0.4, -0.2) is 43.9 Å². The smallest absolute Gasteiger partial charge is 0.271 e. The summed E-state index contributed by atoms with van der Waals surface area (Å²) in [6.07, 6.45) is 2.06. The Morgan fingerprint density at radius 2 is 1.94 bits per heavy atom. The molecule has 31 heavy (non-hydrogen) atoms. The summed E-state index contributed by atoms with van der Waals surface area (Å²) < 4.78 is 33.8. The van der Waals surface area contributed by atoms with E-state index in [4.69, 9.17) is 4.74 Å². The van der Waals surface area contributed by atoms with Gasteiger partial charge >= 0.3 is 0 Å². The number of thiophene rings is 1. The Hall–Kier alpha value is -2.43. The number of rotatable bonds is 7. The number of aryl methyl sites for hydroxylation is 1. The fourth-order valence-corrected chi connectivity index (χ4v) is 6.66. The molecule has 0 radical (unpaired) electrons. The number of hydrogen-bond acceptors (Lipinski definition) is 7. The second-order valence-electron chi connectivity index (χ2n) is 7.15. The number of amides is 1. The highest BCUT2D eigenvalue weighted by atomic mass is 32.2. The van der Waals surface area contributed by atoms with E-state index in [1.165, 1.54) is 11.3 Å². The lowest BCUT2D eigenvalue weighted by atomic mass is 10.3. The second-order valence-corrected chi connectivity index (χ2v) is 11.0. The summed E-state index contributed by atoms with van der Waals surface area (Å²) in [6, 6.07) is 8.37. The third-order valence-corrected chi connectivity index (χ3v) is 8.90. The van der Waals surface area contributed by atoms with Crippen LogP contribution in [0.4, 0.5) is 5.69 Å². The van der Waals surface area contributed by atoms with Gasteiger partial charge in [0.15, 0.2) is 0 Å². The van der Waals surface area contributed by atoms with Crippen LogP contribution in [0.25, 0.3) is 10.6 Å². The molecule has 0 bridgehead atoms. The van der Waals surface area contributed by atoms with Gasteiger partial charge in [0.25, 0.3) is 15.9 Å². The fraction of sp³-hybridized carbons (Fsp3) is 0.333. The van der Waals surface area contributed by atoms with E-state index in [0.717, 1.165) is 37.3 Å². The van der Waals surface area contributed by atoms with Crippen molar-refractivity contribution >= 4 is 44.3 Å². The first kappa shape index (κ1) is 21.8. The van der Waals surface area contributed by atoms with Gasteiger partial charge in [0.1, 0.15) is 19.8 Å². The number of ether oxygens (including phenoxy) is 1. The molecule has 0 saturated carbocycles. The summed E-state index contributed by atoms with van der Waals surface area (Å²) in [5.74, 6) is 0.696. The molecule has 4 rings (SSSR count). The van der Waals surface area contributed by atoms with Crippen molar-refractivity contribution in [3.63, 3.8) is 0 Å². The lowest BCUT2D eigenvalue weighted by Gasteiger charge is -2.13. The highest BCUT2D eigenvalue weighted by Gasteiger charge is 2.25. The molecule has 3 aromatic rings. The van der Waals surface area contributed by atoms with Crippen molar-refractivity contribution in [2.45, 2.75) is 30.9 Å². The first-order valence-electron chi connectivity index (χ1n) is 9.98. The van der Waals surface area contributed by atoms with E-state index < -0.39 is 10.0 Å². The summed E-state index contributed by atoms with van der Waals surface area (Å²) in [5.41, 5.74) is 1.84. The summed E-state index contributed by atoms with van der Waals surface area (Å²) in [5, 5.41) is 2.41. The predicted molar refractivity (Wildman–Crippen MR) is 124 cm³/mol. The maximum absolute atomic E-state index is 12.8. The average molecular weight is 478 g/mol. The maximum Gasteiger partial charge on any atom is 0.271 e. The normalized spacial score (nSPS) is 14.1. The van der Waals surface area contributed by atoms with Crippen LogP contribution in [0.15, 0.2) is 39.9 Å². The van der Waals surface area contributed by atoms with Crippen LogP contribution in [0.2, 0.25) is 0 Å². The molecule has 1 fully saturated rings. The Morgan fingerprint density at radius 3 is 2.61 bits per heavy atom. The molecule has 0 unspecified atom stereocenters. The van der Waals surface area contributed by atoms with Gasteiger partial charge in [-0.2, -0.15) is 0 Å². The van der Waals surface area contributed by atoms with Crippen LogP contribution in [0.3, 0.4) is 0 Å². The Labute approximate surface area is 189 Å². The monoisotopic (exact) mass is 477 g/mol. The highest BCUT2D eigenvalue weighted by Crippen LogP contribution is 2.34. The number of nitrogens with one attached hydrogen (secondary N) is 1. The van der Waals surface area contributed by atoms with E-state index in [9.17, 15) is 13.2 Å². The van der Waals surface area contributed by atoms with Gasteiger partial charge in [0.05, 0.1) is 12.3 Å².